The summed E-state index contributed by atoms with van der Waals surface area (Å²) in [5, 5.41) is 13.4. The van der Waals surface area contributed by atoms with E-state index in [9.17, 15) is 19.1 Å². The van der Waals surface area contributed by atoms with E-state index in [0.717, 1.165) is 4.88 Å². The maximum Gasteiger partial charge on any atom is 0.295 e. The molecule has 2 heterocycles. The van der Waals surface area contributed by atoms with Crippen LogP contribution in [0.5, 0.6) is 11.5 Å². The Morgan fingerprint density at radius 1 is 1.12 bits per heavy atom. The van der Waals surface area contributed by atoms with Crippen molar-refractivity contribution in [3.05, 3.63) is 86.3 Å². The summed E-state index contributed by atoms with van der Waals surface area (Å²) in [6.45, 7) is 0.0824. The fourth-order valence-electron chi connectivity index (χ4n) is 3.82. The van der Waals surface area contributed by atoms with Crippen LogP contribution in [0.2, 0.25) is 5.02 Å². The second-order valence-corrected chi connectivity index (χ2v) is 8.65. The molecule has 170 valence electrons. The molecule has 33 heavy (non-hydrogen) atoms. The highest BCUT2D eigenvalue weighted by atomic mass is 35.5. The van der Waals surface area contributed by atoms with Crippen molar-refractivity contribution < 1.29 is 28.6 Å². The number of methoxy groups -OCH3 is 2. The standard InChI is InChI=1S/C24H19ClFNO5S/c1-31-18-11-16(25)19(32-2)10-15(18)22(28)20-21(14-7-3-4-8-17(14)26)27(24(30)23(20)29)12-13-6-5-9-33-13/h3-11,21,28H,12H2,1-2H3/b22-20+. The van der Waals surface area contributed by atoms with Crippen LogP contribution in [0.15, 0.2) is 59.5 Å². The third-order valence-electron chi connectivity index (χ3n) is 5.38. The van der Waals surface area contributed by atoms with Gasteiger partial charge in [-0.05, 0) is 23.6 Å². The lowest BCUT2D eigenvalue weighted by Crippen LogP contribution is -2.29. The Bertz CT molecular complexity index is 1260. The normalized spacial score (nSPS) is 17.5. The summed E-state index contributed by atoms with van der Waals surface area (Å²) in [6, 6.07) is 11.2. The van der Waals surface area contributed by atoms with Crippen LogP contribution < -0.4 is 9.47 Å². The van der Waals surface area contributed by atoms with Crippen molar-refractivity contribution in [2.45, 2.75) is 12.6 Å². The second kappa shape index (κ2) is 9.25. The number of thiophene rings is 1. The maximum absolute atomic E-state index is 14.9. The van der Waals surface area contributed by atoms with Crippen LogP contribution in [-0.4, -0.2) is 35.9 Å². The number of hydrogen-bond acceptors (Lipinski definition) is 6. The van der Waals surface area contributed by atoms with E-state index in [1.807, 2.05) is 17.5 Å². The van der Waals surface area contributed by atoms with Crippen molar-refractivity contribution in [2.75, 3.05) is 14.2 Å². The van der Waals surface area contributed by atoms with E-state index >= 15 is 0 Å². The Hall–Kier alpha value is -3.36. The number of amides is 1. The minimum atomic E-state index is -1.14. The SMILES string of the molecule is COc1cc(/C(O)=C2\C(=O)C(=O)N(Cc3cccs3)C2c2ccccc2F)c(OC)cc1Cl. The Kier molecular flexibility index (Phi) is 6.40. The topological polar surface area (TPSA) is 76.1 Å². The average Bonchev–Trinajstić information content (AvgIpc) is 3.41. The summed E-state index contributed by atoms with van der Waals surface area (Å²) < 4.78 is 25.4. The number of rotatable bonds is 6. The molecule has 1 aliphatic rings. The number of hydrogen-bond donors (Lipinski definition) is 1. The molecule has 0 bridgehead atoms. The van der Waals surface area contributed by atoms with Gasteiger partial charge in [0.2, 0.25) is 0 Å². The number of aliphatic hydroxyl groups is 1. The Morgan fingerprint density at radius 2 is 1.85 bits per heavy atom. The van der Waals surface area contributed by atoms with Gasteiger partial charge in [-0.3, -0.25) is 9.59 Å². The molecule has 9 heteroatoms. The molecule has 0 radical (unpaired) electrons. The molecule has 0 saturated carbocycles. The maximum atomic E-state index is 14.9. The summed E-state index contributed by atoms with van der Waals surface area (Å²) in [6.07, 6.45) is 0. The Balaban J connectivity index is 1.95. The van der Waals surface area contributed by atoms with Gasteiger partial charge in [0.15, 0.2) is 0 Å². The lowest BCUT2D eigenvalue weighted by atomic mass is 9.94. The molecule has 1 atom stereocenters. The number of carbonyl (C=O) groups is 2. The molecule has 1 unspecified atom stereocenters. The highest BCUT2D eigenvalue weighted by molar-refractivity contribution is 7.09. The third-order valence-corrected chi connectivity index (χ3v) is 6.53. The van der Waals surface area contributed by atoms with Crippen LogP contribution in [0.3, 0.4) is 0 Å². The number of nitrogens with zero attached hydrogens (tertiary/aromatic N) is 1. The quantitative estimate of drug-likeness (QED) is 0.294. The molecule has 1 N–H and O–H groups in total. The number of carbonyl (C=O) groups excluding carboxylic acids is 2. The molecule has 1 aliphatic heterocycles. The van der Waals surface area contributed by atoms with E-state index in [1.54, 1.807) is 6.07 Å². The van der Waals surface area contributed by atoms with Crippen LogP contribution >= 0.6 is 22.9 Å². The van der Waals surface area contributed by atoms with E-state index < -0.39 is 29.3 Å². The van der Waals surface area contributed by atoms with E-state index in [1.165, 1.54) is 60.8 Å². The predicted molar refractivity (Wildman–Crippen MR) is 123 cm³/mol. The molecule has 1 amide bonds. The van der Waals surface area contributed by atoms with Crippen molar-refractivity contribution in [1.82, 2.24) is 4.90 Å². The van der Waals surface area contributed by atoms with Crippen molar-refractivity contribution in [2.24, 2.45) is 0 Å². The fraction of sp³-hybridized carbons (Fsp3) is 0.167. The highest BCUT2D eigenvalue weighted by Crippen LogP contribution is 2.44. The largest absolute Gasteiger partial charge is 0.507 e. The minimum absolute atomic E-state index is 0.0824. The fourth-order valence-corrected chi connectivity index (χ4v) is 4.76. The Morgan fingerprint density at radius 3 is 2.48 bits per heavy atom. The van der Waals surface area contributed by atoms with Gasteiger partial charge in [0.1, 0.15) is 23.1 Å². The predicted octanol–water partition coefficient (Wildman–Crippen LogP) is 5.18. The van der Waals surface area contributed by atoms with Gasteiger partial charge in [-0.25, -0.2) is 4.39 Å². The van der Waals surface area contributed by atoms with Gasteiger partial charge in [0.25, 0.3) is 11.7 Å². The zero-order valence-electron chi connectivity index (χ0n) is 17.7. The number of likely N-dealkylation sites (tertiary alicyclic amines) is 1. The summed E-state index contributed by atoms with van der Waals surface area (Å²) in [4.78, 5) is 28.3. The molecular formula is C24H19ClFNO5S. The van der Waals surface area contributed by atoms with Gasteiger partial charge < -0.3 is 19.5 Å². The zero-order chi connectivity index (χ0) is 23.7. The van der Waals surface area contributed by atoms with E-state index in [4.69, 9.17) is 21.1 Å². The average molecular weight is 488 g/mol. The number of ether oxygens (including phenoxy) is 2. The summed E-state index contributed by atoms with van der Waals surface area (Å²) in [7, 11) is 2.77. The summed E-state index contributed by atoms with van der Waals surface area (Å²) >= 11 is 7.57. The molecule has 0 spiro atoms. The monoisotopic (exact) mass is 487 g/mol. The first-order chi connectivity index (χ1) is 15.9. The molecule has 1 fully saturated rings. The van der Waals surface area contributed by atoms with Gasteiger partial charge in [-0.2, -0.15) is 0 Å². The number of ketones is 1. The first-order valence-corrected chi connectivity index (χ1v) is 11.1. The molecule has 6 nitrogen and oxygen atoms in total. The molecule has 1 aromatic heterocycles. The first-order valence-electron chi connectivity index (χ1n) is 9.84. The van der Waals surface area contributed by atoms with Gasteiger partial charge in [-0.1, -0.05) is 35.9 Å². The molecule has 3 aromatic rings. The van der Waals surface area contributed by atoms with Gasteiger partial charge in [0.05, 0.1) is 43.0 Å². The van der Waals surface area contributed by atoms with Gasteiger partial charge >= 0.3 is 0 Å². The van der Waals surface area contributed by atoms with Crippen LogP contribution in [-0.2, 0) is 16.1 Å². The van der Waals surface area contributed by atoms with Crippen molar-refractivity contribution in [3.8, 4) is 11.5 Å². The lowest BCUT2D eigenvalue weighted by molar-refractivity contribution is -0.140. The number of Topliss-reactive ketones (excluding diaryl/α,β-unsaturated/α-hetero) is 1. The highest BCUT2D eigenvalue weighted by Gasteiger charge is 2.47. The van der Waals surface area contributed by atoms with Crippen LogP contribution in [0, 0.1) is 5.82 Å². The zero-order valence-corrected chi connectivity index (χ0v) is 19.2. The van der Waals surface area contributed by atoms with Crippen molar-refractivity contribution in [1.29, 1.82) is 0 Å². The van der Waals surface area contributed by atoms with Gasteiger partial charge in [0, 0.05) is 16.5 Å². The van der Waals surface area contributed by atoms with Crippen LogP contribution in [0.1, 0.15) is 22.0 Å². The van der Waals surface area contributed by atoms with Crippen LogP contribution in [0.4, 0.5) is 4.39 Å². The molecule has 2 aromatic carbocycles. The molecule has 4 rings (SSSR count). The van der Waals surface area contributed by atoms with E-state index in [-0.39, 0.29) is 39.8 Å². The van der Waals surface area contributed by atoms with Gasteiger partial charge in [-0.15, -0.1) is 11.3 Å². The summed E-state index contributed by atoms with van der Waals surface area (Å²) in [5.74, 6) is -2.48. The van der Waals surface area contributed by atoms with E-state index in [0.29, 0.717) is 0 Å². The molecule has 0 aliphatic carbocycles. The van der Waals surface area contributed by atoms with Crippen molar-refractivity contribution >= 4 is 40.4 Å². The number of halogens is 2. The van der Waals surface area contributed by atoms with Crippen molar-refractivity contribution in [3.63, 3.8) is 0 Å². The lowest BCUT2D eigenvalue weighted by Gasteiger charge is -2.25. The summed E-state index contributed by atoms with van der Waals surface area (Å²) in [5.41, 5.74) is -0.0618. The number of aliphatic hydroxyl groups excluding tert-OH is 1. The third kappa shape index (κ3) is 4.07. The smallest absolute Gasteiger partial charge is 0.295 e. The molecular weight excluding hydrogens is 469 g/mol. The van der Waals surface area contributed by atoms with E-state index in [2.05, 4.69) is 0 Å². The Labute approximate surface area is 198 Å². The van der Waals surface area contributed by atoms with Crippen LogP contribution in [0.25, 0.3) is 5.76 Å². The number of benzene rings is 2. The molecule has 1 saturated heterocycles. The minimum Gasteiger partial charge on any atom is -0.507 e. The second-order valence-electron chi connectivity index (χ2n) is 7.21. The first kappa shape index (κ1) is 22.8.